The minimum Gasteiger partial charge on any atom is -0.462 e. The Kier molecular flexibility index (Phi) is 5.64. The lowest BCUT2D eigenvalue weighted by Gasteiger charge is -2.10. The van der Waals surface area contributed by atoms with Crippen molar-refractivity contribution in [2.75, 3.05) is 18.9 Å². The Morgan fingerprint density at radius 3 is 2.70 bits per heavy atom. The van der Waals surface area contributed by atoms with Crippen molar-refractivity contribution in [3.05, 3.63) is 35.4 Å². The second-order valence-corrected chi connectivity index (χ2v) is 3.70. The van der Waals surface area contributed by atoms with Crippen molar-refractivity contribution < 1.29 is 13.9 Å². The summed E-state index contributed by atoms with van der Waals surface area (Å²) in [4.78, 5) is 19.4. The second kappa shape index (κ2) is 7.22. The average Bonchev–Trinajstić information content (AvgIpc) is 2.39. The molecule has 0 atom stereocenters. The van der Waals surface area contributed by atoms with Gasteiger partial charge in [-0.15, -0.1) is 0 Å². The number of nitrogens with zero attached hydrogens (tertiary/aromatic N) is 2. The Balaban J connectivity index is 3.30. The molecular formula is C13H17FN4O2. The van der Waals surface area contributed by atoms with Crippen LogP contribution in [-0.4, -0.2) is 29.8 Å². The number of halogens is 1. The van der Waals surface area contributed by atoms with E-state index in [2.05, 4.69) is 9.98 Å². The molecule has 7 heteroatoms. The number of nitrogen functional groups attached to an aromatic ring is 1. The maximum absolute atomic E-state index is 13.9. The number of nitrogens with two attached hydrogens (primary N) is 2. The predicted molar refractivity (Wildman–Crippen MR) is 74.6 cm³/mol. The molecule has 4 N–H and O–H groups in total. The summed E-state index contributed by atoms with van der Waals surface area (Å²) in [5.41, 5.74) is 11.0. The first-order valence-corrected chi connectivity index (χ1v) is 6.11. The van der Waals surface area contributed by atoms with Crippen LogP contribution in [0.2, 0.25) is 0 Å². The number of pyridine rings is 1. The molecule has 0 amide bonds. The van der Waals surface area contributed by atoms with E-state index in [-0.39, 0.29) is 29.3 Å². The van der Waals surface area contributed by atoms with Gasteiger partial charge in [-0.25, -0.2) is 9.78 Å². The third-order valence-electron chi connectivity index (χ3n) is 2.36. The first-order chi connectivity index (χ1) is 9.54. The third kappa shape index (κ3) is 3.53. The van der Waals surface area contributed by atoms with Gasteiger partial charge in [0, 0.05) is 12.7 Å². The Bertz CT molecular complexity index is 555. The van der Waals surface area contributed by atoms with Gasteiger partial charge < -0.3 is 16.2 Å². The number of aromatic nitrogens is 1. The van der Waals surface area contributed by atoms with Gasteiger partial charge in [0.15, 0.2) is 0 Å². The molecule has 1 aromatic rings. The molecule has 6 nitrogen and oxygen atoms in total. The topological polar surface area (TPSA) is 104 Å². The Morgan fingerprint density at radius 1 is 1.50 bits per heavy atom. The van der Waals surface area contributed by atoms with Gasteiger partial charge in [0.05, 0.1) is 17.9 Å². The van der Waals surface area contributed by atoms with Gasteiger partial charge >= 0.3 is 5.97 Å². The van der Waals surface area contributed by atoms with Gasteiger partial charge in [-0.2, -0.15) is 4.39 Å². The van der Waals surface area contributed by atoms with Crippen LogP contribution in [0.25, 0.3) is 0 Å². The largest absolute Gasteiger partial charge is 0.462 e. The van der Waals surface area contributed by atoms with Crippen molar-refractivity contribution in [3.63, 3.8) is 0 Å². The van der Waals surface area contributed by atoms with Crippen LogP contribution in [0.15, 0.2) is 28.9 Å². The molecule has 0 fully saturated rings. The van der Waals surface area contributed by atoms with Crippen LogP contribution in [0.1, 0.15) is 19.4 Å². The van der Waals surface area contributed by atoms with Crippen molar-refractivity contribution in [2.45, 2.75) is 13.8 Å². The molecule has 108 valence electrons. The molecule has 0 bridgehead atoms. The summed E-state index contributed by atoms with van der Waals surface area (Å²) >= 11 is 0. The van der Waals surface area contributed by atoms with Crippen LogP contribution >= 0.6 is 0 Å². The lowest BCUT2D eigenvalue weighted by molar-refractivity contribution is -0.137. The molecule has 0 spiro atoms. The summed E-state index contributed by atoms with van der Waals surface area (Å²) in [6.45, 7) is 3.93. The molecule has 1 aromatic heterocycles. The van der Waals surface area contributed by atoms with Crippen LogP contribution in [-0.2, 0) is 9.53 Å². The molecule has 0 aliphatic rings. The number of carbonyl (C=O) groups excluding carboxylic acids is 1. The van der Waals surface area contributed by atoms with Crippen molar-refractivity contribution in [1.82, 2.24) is 4.98 Å². The van der Waals surface area contributed by atoms with Crippen molar-refractivity contribution in [3.8, 4) is 0 Å². The van der Waals surface area contributed by atoms with E-state index in [0.29, 0.717) is 6.54 Å². The van der Waals surface area contributed by atoms with Gasteiger partial charge in [-0.3, -0.25) is 4.99 Å². The van der Waals surface area contributed by atoms with E-state index in [4.69, 9.17) is 16.2 Å². The van der Waals surface area contributed by atoms with E-state index in [1.165, 1.54) is 12.1 Å². The molecule has 0 aliphatic carbocycles. The summed E-state index contributed by atoms with van der Waals surface area (Å²) in [5, 5.41) is 0. The molecular weight excluding hydrogens is 263 g/mol. The van der Waals surface area contributed by atoms with E-state index in [0.717, 1.165) is 6.20 Å². The summed E-state index contributed by atoms with van der Waals surface area (Å²) in [6.07, 6.45) is 1.04. The van der Waals surface area contributed by atoms with Crippen molar-refractivity contribution >= 4 is 17.5 Å². The molecule has 0 saturated carbocycles. The molecule has 0 radical (unpaired) electrons. The third-order valence-corrected chi connectivity index (χ3v) is 2.36. The zero-order valence-electron chi connectivity index (χ0n) is 11.4. The maximum atomic E-state index is 13.9. The zero-order chi connectivity index (χ0) is 15.1. The summed E-state index contributed by atoms with van der Waals surface area (Å²) in [6, 6.07) is 2.82. The summed E-state index contributed by atoms with van der Waals surface area (Å²) in [7, 11) is 0. The minimum atomic E-state index is -0.819. The number of carbonyl (C=O) groups is 1. The fourth-order valence-corrected chi connectivity index (χ4v) is 1.55. The summed E-state index contributed by atoms with van der Waals surface area (Å²) in [5.74, 6) is -1.45. The molecule has 20 heavy (non-hydrogen) atoms. The van der Waals surface area contributed by atoms with Gasteiger partial charge in [0.1, 0.15) is 11.4 Å². The number of ether oxygens (including phenoxy) is 1. The van der Waals surface area contributed by atoms with Crippen molar-refractivity contribution in [1.29, 1.82) is 0 Å². The first-order valence-electron chi connectivity index (χ1n) is 6.11. The molecule has 1 rings (SSSR count). The number of aliphatic imine (C=N–C) groups is 1. The van der Waals surface area contributed by atoms with E-state index in [1.54, 1.807) is 13.8 Å². The van der Waals surface area contributed by atoms with Gasteiger partial charge in [0.2, 0.25) is 5.95 Å². The first kappa shape index (κ1) is 15.6. The highest BCUT2D eigenvalue weighted by Crippen LogP contribution is 2.15. The van der Waals surface area contributed by atoms with E-state index in [1.807, 2.05) is 0 Å². The summed E-state index contributed by atoms with van der Waals surface area (Å²) < 4.78 is 18.7. The average molecular weight is 280 g/mol. The number of rotatable bonds is 5. The molecule has 0 saturated heterocycles. The predicted octanol–water partition coefficient (Wildman–Crippen LogP) is 1.02. The standard InChI is InChI=1S/C13H17FN4O2/c1-3-17-11(9(7-15)13(19)20-4-2)8-5-6-10(16)18-12(8)14/h5-7H,3-4,15H2,1-2H3,(H2,16,18)/b9-7+,17-11?. The van der Waals surface area contributed by atoms with Crippen LogP contribution in [0.3, 0.4) is 0 Å². The quantitative estimate of drug-likeness (QED) is 0.362. The van der Waals surface area contributed by atoms with E-state index < -0.39 is 11.9 Å². The fraction of sp³-hybridized carbons (Fsp3) is 0.308. The highest BCUT2D eigenvalue weighted by molar-refractivity contribution is 6.26. The molecule has 1 heterocycles. The number of anilines is 1. The number of hydrogen-bond acceptors (Lipinski definition) is 6. The van der Waals surface area contributed by atoms with Crippen molar-refractivity contribution in [2.24, 2.45) is 10.7 Å². The van der Waals surface area contributed by atoms with Crippen LogP contribution < -0.4 is 11.5 Å². The molecule has 0 aliphatic heterocycles. The molecule has 0 unspecified atom stereocenters. The lowest BCUT2D eigenvalue weighted by atomic mass is 10.0. The monoisotopic (exact) mass is 280 g/mol. The van der Waals surface area contributed by atoms with Gasteiger partial charge in [-0.05, 0) is 26.0 Å². The molecule has 0 aromatic carbocycles. The second-order valence-electron chi connectivity index (χ2n) is 3.70. The minimum absolute atomic E-state index is 0.0147. The van der Waals surface area contributed by atoms with E-state index in [9.17, 15) is 9.18 Å². The van der Waals surface area contributed by atoms with E-state index >= 15 is 0 Å². The fourth-order valence-electron chi connectivity index (χ4n) is 1.55. The van der Waals surface area contributed by atoms with Gasteiger partial charge in [0.25, 0.3) is 0 Å². The SMILES string of the molecule is CCN=C(/C(=C\N)C(=O)OCC)c1ccc(N)nc1F. The Hall–Kier alpha value is -2.44. The Labute approximate surface area is 116 Å². The smallest absolute Gasteiger partial charge is 0.341 e. The zero-order valence-corrected chi connectivity index (χ0v) is 11.4. The normalized spacial score (nSPS) is 12.3. The van der Waals surface area contributed by atoms with Crippen LogP contribution in [0, 0.1) is 5.95 Å². The van der Waals surface area contributed by atoms with Crippen LogP contribution in [0.5, 0.6) is 0 Å². The van der Waals surface area contributed by atoms with Crippen LogP contribution in [0.4, 0.5) is 10.2 Å². The highest BCUT2D eigenvalue weighted by atomic mass is 19.1. The lowest BCUT2D eigenvalue weighted by Crippen LogP contribution is -2.20. The Morgan fingerprint density at radius 2 is 2.20 bits per heavy atom. The van der Waals surface area contributed by atoms with Gasteiger partial charge in [-0.1, -0.05) is 0 Å². The highest BCUT2D eigenvalue weighted by Gasteiger charge is 2.21. The maximum Gasteiger partial charge on any atom is 0.341 e. The number of esters is 1. The number of hydrogen-bond donors (Lipinski definition) is 2.